The van der Waals surface area contributed by atoms with Crippen molar-refractivity contribution in [3.05, 3.63) is 16.0 Å². The van der Waals surface area contributed by atoms with Gasteiger partial charge >= 0.3 is 53.8 Å². The van der Waals surface area contributed by atoms with Gasteiger partial charge in [0.25, 0.3) is 5.91 Å². The SMILES string of the molecule is CC1CCc2c(sc(NC(=O)C(F)(F)C(F)(F)C(F)(F)C(F)(F)C(F)(F)C(F)(F)C(F)(F)C(F)F)c2C(N)=O)C1. The van der Waals surface area contributed by atoms with Crippen molar-refractivity contribution in [1.82, 2.24) is 0 Å². The van der Waals surface area contributed by atoms with Crippen LogP contribution in [0.2, 0.25) is 0 Å². The molecule has 1 aliphatic carbocycles. The van der Waals surface area contributed by atoms with Crippen LogP contribution in [0.25, 0.3) is 0 Å². The highest BCUT2D eigenvalue weighted by atomic mass is 32.1. The van der Waals surface area contributed by atoms with E-state index in [1.807, 2.05) is 0 Å². The fourth-order valence-corrected chi connectivity index (χ4v) is 4.97. The molecule has 1 aliphatic rings. The normalized spacial score (nSPS) is 18.1. The fourth-order valence-electron chi connectivity index (χ4n) is 3.56. The minimum absolute atomic E-state index is 0.0184. The summed E-state index contributed by atoms with van der Waals surface area (Å²) in [7, 11) is 0. The molecule has 40 heavy (non-hydrogen) atoms. The molecule has 1 aromatic rings. The summed E-state index contributed by atoms with van der Waals surface area (Å²) < 4.78 is 216. The lowest BCUT2D eigenvalue weighted by Gasteiger charge is -2.42. The van der Waals surface area contributed by atoms with Crippen LogP contribution in [0.5, 0.6) is 0 Å². The summed E-state index contributed by atoms with van der Waals surface area (Å²) in [6.07, 6.45) is -5.47. The topological polar surface area (TPSA) is 72.2 Å². The van der Waals surface area contributed by atoms with E-state index in [2.05, 4.69) is 0 Å². The number of rotatable bonds is 10. The van der Waals surface area contributed by atoms with Gasteiger partial charge in [-0.25, -0.2) is 8.78 Å². The maximum absolute atomic E-state index is 14.2. The monoisotopic (exact) mass is 638 g/mol. The lowest BCUT2D eigenvalue weighted by atomic mass is 9.88. The lowest BCUT2D eigenvalue weighted by Crippen LogP contribution is -2.74. The predicted molar refractivity (Wildman–Crippen MR) is 103 cm³/mol. The molecular formula is C19H14F16N2O2S. The minimum Gasteiger partial charge on any atom is -0.365 e. The fraction of sp³-hybridized carbons (Fsp3) is 0.684. The number of amides is 2. The first-order valence-corrected chi connectivity index (χ1v) is 11.1. The largest absolute Gasteiger partial charge is 0.393 e. The van der Waals surface area contributed by atoms with Gasteiger partial charge in [0, 0.05) is 4.88 Å². The molecule has 1 aromatic heterocycles. The van der Waals surface area contributed by atoms with Gasteiger partial charge in [0.05, 0.1) is 5.56 Å². The zero-order valence-electron chi connectivity index (χ0n) is 19.1. The molecule has 2 rings (SSSR count). The van der Waals surface area contributed by atoms with Crippen LogP contribution >= 0.6 is 11.3 Å². The van der Waals surface area contributed by atoms with Crippen molar-refractivity contribution in [1.29, 1.82) is 0 Å². The number of hydrogen-bond acceptors (Lipinski definition) is 3. The van der Waals surface area contributed by atoms with Gasteiger partial charge in [-0.05, 0) is 30.7 Å². The van der Waals surface area contributed by atoms with Crippen molar-refractivity contribution in [2.45, 2.75) is 74.1 Å². The van der Waals surface area contributed by atoms with E-state index in [1.165, 1.54) is 0 Å². The van der Waals surface area contributed by atoms with Crippen LogP contribution in [0.3, 0.4) is 0 Å². The zero-order valence-corrected chi connectivity index (χ0v) is 19.9. The second-order valence-electron chi connectivity index (χ2n) is 8.74. The molecule has 0 aromatic carbocycles. The Hall–Kier alpha value is -2.48. The van der Waals surface area contributed by atoms with E-state index in [0.29, 0.717) is 6.42 Å². The Morgan fingerprint density at radius 3 is 1.73 bits per heavy atom. The van der Waals surface area contributed by atoms with E-state index < -0.39 is 70.3 Å². The molecule has 0 aliphatic heterocycles. The van der Waals surface area contributed by atoms with Crippen LogP contribution < -0.4 is 11.1 Å². The average molecular weight is 638 g/mol. The van der Waals surface area contributed by atoms with Gasteiger partial charge in [-0.3, -0.25) is 9.59 Å². The smallest absolute Gasteiger partial charge is 0.365 e. The van der Waals surface area contributed by atoms with Gasteiger partial charge in [-0.2, -0.15) is 61.5 Å². The van der Waals surface area contributed by atoms with Crippen molar-refractivity contribution >= 4 is 28.2 Å². The zero-order chi connectivity index (χ0) is 31.7. The lowest BCUT2D eigenvalue weighted by molar-refractivity contribution is -0.443. The number of fused-ring (bicyclic) bond motifs is 1. The molecule has 1 unspecified atom stereocenters. The second-order valence-corrected chi connectivity index (χ2v) is 9.85. The van der Waals surface area contributed by atoms with Crippen molar-refractivity contribution < 1.29 is 79.8 Å². The molecule has 230 valence electrons. The van der Waals surface area contributed by atoms with Crippen LogP contribution in [0.4, 0.5) is 75.2 Å². The number of hydrogen-bond donors (Lipinski definition) is 2. The highest BCUT2D eigenvalue weighted by molar-refractivity contribution is 7.17. The first-order chi connectivity index (χ1) is 17.6. The van der Waals surface area contributed by atoms with Crippen molar-refractivity contribution in [3.63, 3.8) is 0 Å². The molecule has 0 fully saturated rings. The van der Waals surface area contributed by atoms with Crippen LogP contribution in [0, 0.1) is 5.92 Å². The Kier molecular flexibility index (Phi) is 8.27. The molecule has 21 heteroatoms. The molecule has 0 bridgehead atoms. The van der Waals surface area contributed by atoms with E-state index in [0.717, 1.165) is 5.32 Å². The Balaban J connectivity index is 2.55. The highest BCUT2D eigenvalue weighted by Gasteiger charge is 2.94. The first kappa shape index (κ1) is 33.7. The number of alkyl halides is 16. The Morgan fingerprint density at radius 2 is 1.27 bits per heavy atom. The molecule has 3 N–H and O–H groups in total. The third-order valence-corrected chi connectivity index (χ3v) is 7.10. The molecule has 0 radical (unpaired) electrons. The number of primary amides is 1. The summed E-state index contributed by atoms with van der Waals surface area (Å²) in [5, 5.41) is -0.216. The van der Waals surface area contributed by atoms with Gasteiger partial charge in [0.2, 0.25) is 0 Å². The summed E-state index contributed by atoms with van der Waals surface area (Å²) in [5.74, 6) is -62.0. The van der Waals surface area contributed by atoms with Gasteiger partial charge in [0.15, 0.2) is 0 Å². The summed E-state index contributed by atoms with van der Waals surface area (Å²) in [6, 6.07) is 0. The van der Waals surface area contributed by atoms with Crippen LogP contribution in [0.1, 0.15) is 34.1 Å². The van der Waals surface area contributed by atoms with E-state index >= 15 is 0 Å². The molecule has 1 heterocycles. The number of thiophene rings is 1. The van der Waals surface area contributed by atoms with E-state index in [9.17, 15) is 79.8 Å². The van der Waals surface area contributed by atoms with Gasteiger partial charge in [0.1, 0.15) is 5.00 Å². The molecule has 4 nitrogen and oxygen atoms in total. The van der Waals surface area contributed by atoms with E-state index in [1.54, 1.807) is 6.92 Å². The standard InChI is InChI=1S/C19H14F16N2O2S/c1-5-2-3-6-7(4-5)40-10(8(6)9(36)38)37-12(39)14(24,25)16(28,29)18(32,33)19(34,35)17(30,31)15(26,27)13(22,23)11(20)21/h5,11H,2-4H2,1H3,(H2,36,38)(H,37,39). The minimum atomic E-state index is -8.62. The summed E-state index contributed by atoms with van der Waals surface area (Å²) in [5.41, 5.74) is 4.31. The Labute approximate surface area is 215 Å². The van der Waals surface area contributed by atoms with Crippen molar-refractivity contribution in [3.8, 4) is 0 Å². The summed E-state index contributed by atoms with van der Waals surface area (Å²) in [6.45, 7) is 1.66. The predicted octanol–water partition coefficient (Wildman–Crippen LogP) is 6.62. The number of anilines is 1. The maximum Gasteiger partial charge on any atom is 0.393 e. The number of carbonyl (C=O) groups excluding carboxylic acids is 2. The third kappa shape index (κ3) is 4.54. The molecule has 0 saturated carbocycles. The number of nitrogens with one attached hydrogen (secondary N) is 1. The third-order valence-electron chi connectivity index (χ3n) is 5.93. The van der Waals surface area contributed by atoms with Gasteiger partial charge < -0.3 is 11.1 Å². The molecule has 0 saturated heterocycles. The van der Waals surface area contributed by atoms with E-state index in [-0.39, 0.29) is 40.5 Å². The number of carbonyl (C=O) groups is 2. The Bertz CT molecular complexity index is 1160. The van der Waals surface area contributed by atoms with Gasteiger partial charge in [-0.15, -0.1) is 11.3 Å². The van der Waals surface area contributed by atoms with Crippen LogP contribution in [0.15, 0.2) is 0 Å². The Morgan fingerprint density at radius 1 is 0.825 bits per heavy atom. The quantitative estimate of drug-likeness (QED) is 0.283. The highest BCUT2D eigenvalue weighted by Crippen LogP contribution is 2.63. The van der Waals surface area contributed by atoms with Crippen molar-refractivity contribution in [2.75, 3.05) is 5.32 Å². The summed E-state index contributed by atoms with van der Waals surface area (Å²) in [4.78, 5) is 23.8. The van der Waals surface area contributed by atoms with Crippen LogP contribution in [-0.4, -0.2) is 59.7 Å². The second kappa shape index (κ2) is 9.81. The molecular weight excluding hydrogens is 624 g/mol. The first-order valence-electron chi connectivity index (χ1n) is 10.3. The van der Waals surface area contributed by atoms with E-state index in [4.69, 9.17) is 5.73 Å². The number of nitrogens with two attached hydrogens (primary N) is 1. The summed E-state index contributed by atoms with van der Waals surface area (Å²) >= 11 is 0.255. The molecule has 1 atom stereocenters. The maximum atomic E-state index is 14.2. The van der Waals surface area contributed by atoms with Gasteiger partial charge in [-0.1, -0.05) is 6.92 Å². The number of halogens is 16. The average Bonchev–Trinajstić information content (AvgIpc) is 3.14. The molecule has 2 amide bonds. The van der Waals surface area contributed by atoms with Crippen molar-refractivity contribution in [2.24, 2.45) is 11.7 Å². The van der Waals surface area contributed by atoms with Crippen LogP contribution in [-0.2, 0) is 17.6 Å². The molecule has 0 spiro atoms.